The zero-order chi connectivity index (χ0) is 21.7. The van der Waals surface area contributed by atoms with Gasteiger partial charge in [0.1, 0.15) is 10.5 Å². The Labute approximate surface area is 166 Å². The SMILES string of the molecule is COC(=O)/C(=C\N(C)C)Sc1cc(C(F)(F)F)ccc1NC(=O)OC(C)(C)C. The van der Waals surface area contributed by atoms with Crippen LogP contribution in [0.15, 0.2) is 34.2 Å². The van der Waals surface area contributed by atoms with Crippen LogP contribution in [0.25, 0.3) is 0 Å². The molecule has 0 aliphatic rings. The van der Waals surface area contributed by atoms with Gasteiger partial charge in [0.2, 0.25) is 0 Å². The molecular weight excluding hydrogens is 397 g/mol. The van der Waals surface area contributed by atoms with E-state index in [9.17, 15) is 22.8 Å². The second kappa shape index (κ2) is 9.22. The summed E-state index contributed by atoms with van der Waals surface area (Å²) >= 11 is 0.741. The third kappa shape index (κ3) is 7.71. The Morgan fingerprint density at radius 1 is 1.18 bits per heavy atom. The van der Waals surface area contributed by atoms with E-state index in [1.807, 2.05) is 0 Å². The minimum atomic E-state index is -4.59. The minimum Gasteiger partial charge on any atom is -0.465 e. The van der Waals surface area contributed by atoms with Crippen molar-refractivity contribution in [3.05, 3.63) is 34.9 Å². The van der Waals surface area contributed by atoms with Crippen molar-refractivity contribution in [1.29, 1.82) is 0 Å². The van der Waals surface area contributed by atoms with Crippen molar-refractivity contribution in [3.8, 4) is 0 Å². The number of nitrogens with one attached hydrogen (secondary N) is 1. The standard InChI is InChI=1S/C18H23F3N2O4S/c1-17(2,3)27-16(25)22-12-8-7-11(18(19,20)21)9-13(12)28-14(10-23(4)5)15(24)26-6/h7-10H,1-6H3,(H,22,25)/b14-10+. The van der Waals surface area contributed by atoms with E-state index in [1.165, 1.54) is 13.3 Å². The maximum Gasteiger partial charge on any atom is 0.416 e. The van der Waals surface area contributed by atoms with E-state index in [0.29, 0.717) is 0 Å². The number of esters is 1. The van der Waals surface area contributed by atoms with Crippen LogP contribution in [-0.2, 0) is 20.4 Å². The van der Waals surface area contributed by atoms with Crippen molar-refractivity contribution in [1.82, 2.24) is 4.90 Å². The van der Waals surface area contributed by atoms with E-state index in [1.54, 1.807) is 39.8 Å². The summed E-state index contributed by atoms with van der Waals surface area (Å²) in [6.45, 7) is 4.97. The molecule has 0 saturated carbocycles. The fourth-order valence-electron chi connectivity index (χ4n) is 1.87. The molecule has 0 aliphatic carbocycles. The number of nitrogens with zero attached hydrogens (tertiary/aromatic N) is 1. The number of rotatable bonds is 5. The van der Waals surface area contributed by atoms with Crippen LogP contribution in [0.3, 0.4) is 0 Å². The number of hydrogen-bond donors (Lipinski definition) is 1. The maximum absolute atomic E-state index is 13.1. The molecule has 1 aromatic carbocycles. The number of carbonyl (C=O) groups is 2. The Hall–Kier alpha value is -2.36. The smallest absolute Gasteiger partial charge is 0.416 e. The predicted octanol–water partition coefficient (Wildman–Crippen LogP) is 4.72. The molecule has 0 aromatic heterocycles. The lowest BCUT2D eigenvalue weighted by atomic mass is 10.2. The topological polar surface area (TPSA) is 67.9 Å². The molecule has 0 atom stereocenters. The average molecular weight is 420 g/mol. The van der Waals surface area contributed by atoms with Crippen LogP contribution in [0.5, 0.6) is 0 Å². The summed E-state index contributed by atoms with van der Waals surface area (Å²) in [6.07, 6.45) is -4.00. The lowest BCUT2D eigenvalue weighted by Crippen LogP contribution is -2.27. The van der Waals surface area contributed by atoms with Gasteiger partial charge in [-0.2, -0.15) is 13.2 Å². The molecule has 0 unspecified atom stereocenters. The van der Waals surface area contributed by atoms with E-state index >= 15 is 0 Å². The van der Waals surface area contributed by atoms with Gasteiger partial charge in [0.05, 0.1) is 18.4 Å². The van der Waals surface area contributed by atoms with Crippen molar-refractivity contribution in [2.24, 2.45) is 0 Å². The first kappa shape index (κ1) is 23.7. The fraction of sp³-hybridized carbons (Fsp3) is 0.444. The summed E-state index contributed by atoms with van der Waals surface area (Å²) in [5, 5.41) is 2.42. The van der Waals surface area contributed by atoms with E-state index in [-0.39, 0.29) is 15.5 Å². The van der Waals surface area contributed by atoms with Gasteiger partial charge < -0.3 is 14.4 Å². The zero-order valence-electron chi connectivity index (χ0n) is 16.4. The largest absolute Gasteiger partial charge is 0.465 e. The molecule has 10 heteroatoms. The van der Waals surface area contributed by atoms with E-state index in [4.69, 9.17) is 4.74 Å². The molecule has 0 saturated heterocycles. The highest BCUT2D eigenvalue weighted by molar-refractivity contribution is 8.04. The van der Waals surface area contributed by atoms with Gasteiger partial charge in [-0.05, 0) is 39.0 Å². The molecule has 1 N–H and O–H groups in total. The molecule has 1 aromatic rings. The molecule has 6 nitrogen and oxygen atoms in total. The van der Waals surface area contributed by atoms with Crippen molar-refractivity contribution < 1.29 is 32.2 Å². The number of methoxy groups -OCH3 is 1. The van der Waals surface area contributed by atoms with Crippen molar-refractivity contribution in [3.63, 3.8) is 0 Å². The summed E-state index contributed by atoms with van der Waals surface area (Å²) in [4.78, 5) is 25.6. The van der Waals surface area contributed by atoms with Gasteiger partial charge in [-0.1, -0.05) is 11.8 Å². The van der Waals surface area contributed by atoms with Gasteiger partial charge in [0, 0.05) is 25.2 Å². The summed E-state index contributed by atoms with van der Waals surface area (Å²) in [5.41, 5.74) is -1.63. The first-order valence-corrected chi connectivity index (χ1v) is 8.90. The van der Waals surface area contributed by atoms with Crippen LogP contribution in [0.2, 0.25) is 0 Å². The predicted molar refractivity (Wildman–Crippen MR) is 101 cm³/mol. The Bertz CT molecular complexity index is 756. The quantitative estimate of drug-likeness (QED) is 0.422. The molecule has 0 spiro atoms. The van der Waals surface area contributed by atoms with Gasteiger partial charge in [-0.3, -0.25) is 5.32 Å². The molecule has 1 amide bonds. The van der Waals surface area contributed by atoms with Gasteiger partial charge in [-0.25, -0.2) is 9.59 Å². The first-order chi connectivity index (χ1) is 12.7. The number of amides is 1. The molecule has 0 aliphatic heterocycles. The number of thioether (sulfide) groups is 1. The maximum atomic E-state index is 13.1. The van der Waals surface area contributed by atoms with Crippen LogP contribution in [-0.4, -0.2) is 43.8 Å². The van der Waals surface area contributed by atoms with Crippen molar-refractivity contribution in [2.45, 2.75) is 37.4 Å². The van der Waals surface area contributed by atoms with Crippen LogP contribution < -0.4 is 5.32 Å². The summed E-state index contributed by atoms with van der Waals surface area (Å²) in [7, 11) is 4.46. The molecule has 1 rings (SSSR count). The molecular formula is C18H23F3N2O4S. The third-order valence-corrected chi connectivity index (χ3v) is 3.98. The second-order valence-corrected chi connectivity index (χ2v) is 7.97. The Kier molecular flexibility index (Phi) is 7.80. The first-order valence-electron chi connectivity index (χ1n) is 8.08. The molecule has 0 heterocycles. The lowest BCUT2D eigenvalue weighted by molar-refractivity contribution is -0.137. The number of benzene rings is 1. The van der Waals surface area contributed by atoms with Gasteiger partial charge in [-0.15, -0.1) is 0 Å². The lowest BCUT2D eigenvalue weighted by Gasteiger charge is -2.21. The molecule has 0 radical (unpaired) electrons. The third-order valence-electron chi connectivity index (χ3n) is 2.93. The summed E-state index contributed by atoms with van der Waals surface area (Å²) in [5.74, 6) is -0.723. The van der Waals surface area contributed by atoms with Crippen LogP contribution >= 0.6 is 11.8 Å². The second-order valence-electron chi connectivity index (χ2n) is 6.89. The van der Waals surface area contributed by atoms with E-state index < -0.39 is 29.4 Å². The van der Waals surface area contributed by atoms with Crippen LogP contribution in [0.1, 0.15) is 26.3 Å². The molecule has 0 bridgehead atoms. The van der Waals surface area contributed by atoms with E-state index in [2.05, 4.69) is 10.1 Å². The van der Waals surface area contributed by atoms with Gasteiger partial charge in [0.15, 0.2) is 0 Å². The summed E-state index contributed by atoms with van der Waals surface area (Å²) < 4.78 is 49.2. The Morgan fingerprint density at radius 2 is 1.79 bits per heavy atom. The molecule has 28 heavy (non-hydrogen) atoms. The van der Waals surface area contributed by atoms with Gasteiger partial charge in [0.25, 0.3) is 0 Å². The number of halogens is 3. The number of alkyl halides is 3. The van der Waals surface area contributed by atoms with Crippen molar-refractivity contribution in [2.75, 3.05) is 26.5 Å². The highest BCUT2D eigenvalue weighted by Gasteiger charge is 2.32. The minimum absolute atomic E-state index is 0.0131. The van der Waals surface area contributed by atoms with Crippen molar-refractivity contribution >= 4 is 29.5 Å². The fourth-order valence-corrected chi connectivity index (χ4v) is 2.96. The van der Waals surface area contributed by atoms with Crippen LogP contribution in [0.4, 0.5) is 23.7 Å². The highest BCUT2D eigenvalue weighted by atomic mass is 32.2. The van der Waals surface area contributed by atoms with E-state index in [0.717, 1.165) is 30.0 Å². The zero-order valence-corrected chi connectivity index (χ0v) is 17.2. The average Bonchev–Trinajstić information content (AvgIpc) is 2.51. The van der Waals surface area contributed by atoms with Crippen LogP contribution in [0, 0.1) is 0 Å². The number of hydrogen-bond acceptors (Lipinski definition) is 6. The number of anilines is 1. The molecule has 156 valence electrons. The highest BCUT2D eigenvalue weighted by Crippen LogP contribution is 2.39. The monoisotopic (exact) mass is 420 g/mol. The molecule has 0 fully saturated rings. The summed E-state index contributed by atoms with van der Waals surface area (Å²) in [6, 6.07) is 2.80. The Morgan fingerprint density at radius 3 is 2.25 bits per heavy atom. The van der Waals surface area contributed by atoms with Gasteiger partial charge >= 0.3 is 18.2 Å². The number of ether oxygens (including phenoxy) is 2. The number of carbonyl (C=O) groups excluding carboxylic acids is 2. The normalized spacial score (nSPS) is 12.4. The Balaban J connectivity index is 3.34.